The Morgan fingerprint density at radius 2 is 1.77 bits per heavy atom. The molecule has 0 atom stereocenters. The molecule has 1 aliphatic heterocycles. The van der Waals surface area contributed by atoms with Crippen LogP contribution in [0.15, 0.2) is 18.2 Å². The van der Waals surface area contributed by atoms with Gasteiger partial charge in [0.2, 0.25) is 5.91 Å². The lowest BCUT2D eigenvalue weighted by atomic mass is 9.95. The molecule has 0 aromatic heterocycles. The van der Waals surface area contributed by atoms with Crippen LogP contribution in [0, 0.1) is 5.92 Å². The van der Waals surface area contributed by atoms with E-state index in [1.165, 1.54) is 0 Å². The van der Waals surface area contributed by atoms with Gasteiger partial charge < -0.3 is 25.4 Å². The molecule has 1 amide bonds. The fourth-order valence-electron chi connectivity index (χ4n) is 3.07. The fraction of sp³-hybridized carbons (Fsp3) is 0.571. The summed E-state index contributed by atoms with van der Waals surface area (Å²) in [6, 6.07) is 5.53. The van der Waals surface area contributed by atoms with E-state index < -0.39 is 11.9 Å². The maximum Gasteiger partial charge on any atom is 0.414 e. The lowest BCUT2D eigenvalue weighted by Crippen LogP contribution is -2.40. The number of nitrogens with zero attached hydrogens (tertiary/aromatic N) is 1. The van der Waals surface area contributed by atoms with Gasteiger partial charge >= 0.3 is 11.9 Å². The molecule has 0 radical (unpaired) electrons. The summed E-state index contributed by atoms with van der Waals surface area (Å²) in [7, 11) is 0. The van der Waals surface area contributed by atoms with E-state index in [-0.39, 0.29) is 17.6 Å². The van der Waals surface area contributed by atoms with Crippen LogP contribution in [0.3, 0.4) is 0 Å². The number of phenols is 1. The van der Waals surface area contributed by atoms with Crippen molar-refractivity contribution in [2.75, 3.05) is 26.2 Å². The molecule has 1 aliphatic rings. The molecule has 168 valence electrons. The number of unbranched alkanes of at least 4 members (excludes halogenated alkanes) is 1. The van der Waals surface area contributed by atoms with Gasteiger partial charge in [-0.05, 0) is 57.0 Å². The number of piperidine rings is 1. The number of carbonyl (C=O) groups is 3. The molecule has 30 heavy (non-hydrogen) atoms. The molecule has 0 unspecified atom stereocenters. The zero-order valence-electron chi connectivity index (χ0n) is 17.6. The van der Waals surface area contributed by atoms with Gasteiger partial charge in [0.25, 0.3) is 0 Å². The van der Waals surface area contributed by atoms with Crippen molar-refractivity contribution in [3.63, 3.8) is 0 Å². The van der Waals surface area contributed by atoms with E-state index >= 15 is 0 Å². The summed E-state index contributed by atoms with van der Waals surface area (Å²) in [5.41, 5.74) is 1.13. The maximum atomic E-state index is 12.1. The van der Waals surface area contributed by atoms with E-state index in [1.807, 2.05) is 19.1 Å². The summed E-state index contributed by atoms with van der Waals surface area (Å²) in [6.45, 7) is 8.05. The predicted octanol–water partition coefficient (Wildman–Crippen LogP) is 2.07. The zero-order chi connectivity index (χ0) is 22.5. The number of phenolic OH excluding ortho intramolecular Hbond substituents is 1. The van der Waals surface area contributed by atoms with Crippen LogP contribution in [0.1, 0.15) is 45.1 Å². The lowest BCUT2D eigenvalue weighted by molar-refractivity contribution is -0.159. The SMILES string of the molecule is CCCCNC(=O)C1CCN(Cc2ccc(O)c(OCC)c2)CC1.O=C(O)C(=O)O. The Bertz CT molecular complexity index is 689. The first kappa shape index (κ1) is 25.2. The number of carbonyl (C=O) groups excluding carboxylic acids is 1. The minimum Gasteiger partial charge on any atom is -0.504 e. The fourth-order valence-corrected chi connectivity index (χ4v) is 3.07. The van der Waals surface area contributed by atoms with Gasteiger partial charge in [-0.3, -0.25) is 9.69 Å². The maximum absolute atomic E-state index is 12.1. The number of rotatable bonds is 8. The van der Waals surface area contributed by atoms with Crippen LogP contribution in [0.2, 0.25) is 0 Å². The van der Waals surface area contributed by atoms with Crippen LogP contribution >= 0.6 is 0 Å². The quantitative estimate of drug-likeness (QED) is 0.368. The first-order valence-electron chi connectivity index (χ1n) is 10.2. The first-order valence-corrected chi connectivity index (χ1v) is 10.2. The number of hydrogen-bond acceptors (Lipinski definition) is 6. The molecule has 1 aromatic rings. The van der Waals surface area contributed by atoms with Crippen LogP contribution in [0.25, 0.3) is 0 Å². The number of benzene rings is 1. The van der Waals surface area contributed by atoms with E-state index in [1.54, 1.807) is 6.07 Å². The van der Waals surface area contributed by atoms with Crippen LogP contribution in [0.4, 0.5) is 0 Å². The van der Waals surface area contributed by atoms with Crippen molar-refractivity contribution >= 4 is 17.8 Å². The topological polar surface area (TPSA) is 136 Å². The standard InChI is InChI=1S/C19H30N2O3.C2H2O4/c1-3-5-10-20-19(23)16-8-11-21(12-9-16)14-15-6-7-17(22)18(13-15)24-4-2;3-1(4)2(5)6/h6-7,13,16,22H,3-5,8-12,14H2,1-2H3,(H,20,23);(H,3,4)(H,5,6). The number of ether oxygens (including phenoxy) is 1. The smallest absolute Gasteiger partial charge is 0.414 e. The predicted molar refractivity (Wildman–Crippen MR) is 110 cm³/mol. The molecule has 1 aromatic carbocycles. The van der Waals surface area contributed by atoms with Crippen molar-refractivity contribution < 1.29 is 34.4 Å². The molecule has 0 bridgehead atoms. The van der Waals surface area contributed by atoms with Gasteiger partial charge in [-0.2, -0.15) is 0 Å². The highest BCUT2D eigenvalue weighted by Crippen LogP contribution is 2.28. The second-order valence-corrected chi connectivity index (χ2v) is 7.04. The lowest BCUT2D eigenvalue weighted by Gasteiger charge is -2.31. The molecule has 1 heterocycles. The molecule has 2 rings (SSSR count). The third-order valence-electron chi connectivity index (χ3n) is 4.70. The number of hydrogen-bond donors (Lipinski definition) is 4. The average molecular weight is 424 g/mol. The van der Waals surface area contributed by atoms with Crippen LogP contribution < -0.4 is 10.1 Å². The zero-order valence-corrected chi connectivity index (χ0v) is 17.6. The van der Waals surface area contributed by atoms with Gasteiger partial charge in [-0.15, -0.1) is 0 Å². The summed E-state index contributed by atoms with van der Waals surface area (Å²) in [5, 5.41) is 27.6. The van der Waals surface area contributed by atoms with E-state index in [0.717, 1.165) is 57.4 Å². The number of likely N-dealkylation sites (tertiary alicyclic amines) is 1. The highest BCUT2D eigenvalue weighted by Gasteiger charge is 2.24. The summed E-state index contributed by atoms with van der Waals surface area (Å²) in [5.74, 6) is -2.56. The summed E-state index contributed by atoms with van der Waals surface area (Å²) in [6.07, 6.45) is 3.98. The Balaban J connectivity index is 0.000000656. The number of nitrogens with one attached hydrogen (secondary N) is 1. The largest absolute Gasteiger partial charge is 0.504 e. The van der Waals surface area contributed by atoms with E-state index in [0.29, 0.717) is 12.4 Å². The van der Waals surface area contributed by atoms with Crippen molar-refractivity contribution in [3.05, 3.63) is 23.8 Å². The van der Waals surface area contributed by atoms with Crippen molar-refractivity contribution in [2.24, 2.45) is 5.92 Å². The summed E-state index contributed by atoms with van der Waals surface area (Å²) >= 11 is 0. The molecule has 0 aliphatic carbocycles. The molecule has 1 saturated heterocycles. The summed E-state index contributed by atoms with van der Waals surface area (Å²) in [4.78, 5) is 32.7. The number of carboxylic acid groups (broad SMARTS) is 2. The van der Waals surface area contributed by atoms with E-state index in [2.05, 4.69) is 17.1 Å². The Morgan fingerprint density at radius 3 is 2.30 bits per heavy atom. The number of aliphatic carboxylic acids is 2. The molecule has 4 N–H and O–H groups in total. The monoisotopic (exact) mass is 424 g/mol. The van der Waals surface area contributed by atoms with Crippen LogP contribution in [-0.2, 0) is 20.9 Å². The second-order valence-electron chi connectivity index (χ2n) is 7.04. The highest BCUT2D eigenvalue weighted by atomic mass is 16.5. The van der Waals surface area contributed by atoms with Crippen molar-refractivity contribution in [1.82, 2.24) is 10.2 Å². The third kappa shape index (κ3) is 9.13. The number of amides is 1. The van der Waals surface area contributed by atoms with Gasteiger partial charge in [0.05, 0.1) is 6.61 Å². The minimum absolute atomic E-state index is 0.150. The highest BCUT2D eigenvalue weighted by molar-refractivity contribution is 6.27. The van der Waals surface area contributed by atoms with Gasteiger partial charge in [-0.25, -0.2) is 9.59 Å². The molecular weight excluding hydrogens is 392 g/mol. The molecule has 9 heteroatoms. The molecular formula is C21H32N2O7. The number of carboxylic acids is 2. The Kier molecular flexibility index (Phi) is 11.3. The van der Waals surface area contributed by atoms with Gasteiger partial charge in [0.15, 0.2) is 11.5 Å². The van der Waals surface area contributed by atoms with Gasteiger partial charge in [-0.1, -0.05) is 19.4 Å². The Hall–Kier alpha value is -2.81. The van der Waals surface area contributed by atoms with Crippen molar-refractivity contribution in [1.29, 1.82) is 0 Å². The molecule has 0 saturated carbocycles. The number of aromatic hydroxyl groups is 1. The Morgan fingerprint density at radius 1 is 1.13 bits per heavy atom. The van der Waals surface area contributed by atoms with Crippen LogP contribution in [0.5, 0.6) is 11.5 Å². The normalized spacial score (nSPS) is 14.3. The third-order valence-corrected chi connectivity index (χ3v) is 4.70. The van der Waals surface area contributed by atoms with Gasteiger partial charge in [0.1, 0.15) is 0 Å². The molecule has 0 spiro atoms. The minimum atomic E-state index is -1.82. The van der Waals surface area contributed by atoms with Crippen molar-refractivity contribution in [3.8, 4) is 11.5 Å². The van der Waals surface area contributed by atoms with Crippen LogP contribution in [-0.4, -0.2) is 64.3 Å². The Labute approximate surface area is 176 Å². The van der Waals surface area contributed by atoms with E-state index in [9.17, 15) is 9.90 Å². The van der Waals surface area contributed by atoms with E-state index in [4.69, 9.17) is 24.5 Å². The average Bonchev–Trinajstić information content (AvgIpc) is 2.72. The first-order chi connectivity index (χ1) is 14.3. The summed E-state index contributed by atoms with van der Waals surface area (Å²) < 4.78 is 5.44. The molecule has 1 fully saturated rings. The molecule has 9 nitrogen and oxygen atoms in total. The van der Waals surface area contributed by atoms with Crippen molar-refractivity contribution in [2.45, 2.75) is 46.1 Å². The van der Waals surface area contributed by atoms with Gasteiger partial charge in [0, 0.05) is 19.0 Å². The second kappa shape index (κ2) is 13.4.